The summed E-state index contributed by atoms with van der Waals surface area (Å²) in [4.78, 5) is 2.29. The van der Waals surface area contributed by atoms with Crippen molar-refractivity contribution in [3.8, 4) is 0 Å². The Morgan fingerprint density at radius 2 is 2.21 bits per heavy atom. The van der Waals surface area contributed by atoms with Gasteiger partial charge in [-0.05, 0) is 31.0 Å². The number of rotatable bonds is 6. The average Bonchev–Trinajstić information content (AvgIpc) is 2.88. The SMILES string of the molecule is Nc1ccc(N2CCCC2COCCO)cc1CO. The van der Waals surface area contributed by atoms with Gasteiger partial charge in [-0.25, -0.2) is 0 Å². The predicted molar refractivity (Wildman–Crippen MR) is 75.1 cm³/mol. The summed E-state index contributed by atoms with van der Waals surface area (Å²) in [5.41, 5.74) is 8.26. The molecular formula is C14H22N2O3. The normalized spacial score (nSPS) is 19.1. The van der Waals surface area contributed by atoms with Crippen molar-refractivity contribution >= 4 is 11.4 Å². The van der Waals surface area contributed by atoms with Crippen molar-refractivity contribution < 1.29 is 14.9 Å². The number of anilines is 2. The minimum Gasteiger partial charge on any atom is -0.398 e. The Kier molecular flexibility index (Phi) is 5.01. The van der Waals surface area contributed by atoms with E-state index >= 15 is 0 Å². The number of aliphatic hydroxyl groups is 2. The lowest BCUT2D eigenvalue weighted by molar-refractivity contribution is 0.0837. The van der Waals surface area contributed by atoms with Crippen molar-refractivity contribution in [1.29, 1.82) is 0 Å². The van der Waals surface area contributed by atoms with E-state index in [-0.39, 0.29) is 13.2 Å². The Labute approximate surface area is 113 Å². The Hall–Kier alpha value is -1.30. The van der Waals surface area contributed by atoms with E-state index < -0.39 is 0 Å². The molecule has 4 N–H and O–H groups in total. The molecule has 0 spiro atoms. The van der Waals surface area contributed by atoms with Gasteiger partial charge in [-0.1, -0.05) is 0 Å². The fraction of sp³-hybridized carbons (Fsp3) is 0.571. The third-order valence-corrected chi connectivity index (χ3v) is 3.55. The third-order valence-electron chi connectivity index (χ3n) is 3.55. The van der Waals surface area contributed by atoms with Crippen LogP contribution in [0.25, 0.3) is 0 Å². The van der Waals surface area contributed by atoms with Crippen LogP contribution in [0.3, 0.4) is 0 Å². The van der Waals surface area contributed by atoms with Gasteiger partial charge in [-0.3, -0.25) is 0 Å². The van der Waals surface area contributed by atoms with E-state index in [0.717, 1.165) is 30.6 Å². The summed E-state index contributed by atoms with van der Waals surface area (Å²) in [5.74, 6) is 0. The van der Waals surface area contributed by atoms with E-state index in [4.69, 9.17) is 15.6 Å². The molecule has 1 aromatic rings. The Morgan fingerprint density at radius 3 is 2.95 bits per heavy atom. The summed E-state index contributed by atoms with van der Waals surface area (Å²) in [6.07, 6.45) is 2.22. The molecule has 5 heteroatoms. The first-order chi connectivity index (χ1) is 9.26. The van der Waals surface area contributed by atoms with E-state index in [1.165, 1.54) is 0 Å². The van der Waals surface area contributed by atoms with Gasteiger partial charge in [0.1, 0.15) is 0 Å². The van der Waals surface area contributed by atoms with Crippen LogP contribution in [0.15, 0.2) is 18.2 Å². The highest BCUT2D eigenvalue weighted by atomic mass is 16.5. The maximum atomic E-state index is 9.27. The first-order valence-electron chi connectivity index (χ1n) is 6.70. The third kappa shape index (κ3) is 3.37. The van der Waals surface area contributed by atoms with Crippen LogP contribution in [-0.2, 0) is 11.3 Å². The molecule has 5 nitrogen and oxygen atoms in total. The van der Waals surface area contributed by atoms with Gasteiger partial charge in [-0.15, -0.1) is 0 Å². The predicted octanol–water partition coefficient (Wildman–Crippen LogP) is 0.739. The zero-order chi connectivity index (χ0) is 13.7. The van der Waals surface area contributed by atoms with Crippen LogP contribution in [0.5, 0.6) is 0 Å². The summed E-state index contributed by atoms with van der Waals surface area (Å²) >= 11 is 0. The van der Waals surface area contributed by atoms with Gasteiger partial charge in [0, 0.05) is 23.5 Å². The number of aliphatic hydroxyl groups excluding tert-OH is 2. The molecule has 1 aliphatic heterocycles. The van der Waals surface area contributed by atoms with Crippen LogP contribution in [-0.4, -0.2) is 42.6 Å². The van der Waals surface area contributed by atoms with Crippen molar-refractivity contribution in [2.75, 3.05) is 37.0 Å². The number of benzene rings is 1. The zero-order valence-electron chi connectivity index (χ0n) is 11.1. The lowest BCUT2D eigenvalue weighted by Crippen LogP contribution is -2.33. The zero-order valence-corrected chi connectivity index (χ0v) is 11.1. The van der Waals surface area contributed by atoms with Crippen LogP contribution >= 0.6 is 0 Å². The van der Waals surface area contributed by atoms with Gasteiger partial charge in [0.05, 0.1) is 32.5 Å². The smallest absolute Gasteiger partial charge is 0.0702 e. The summed E-state index contributed by atoms with van der Waals surface area (Å²) < 4.78 is 5.43. The molecule has 1 fully saturated rings. The van der Waals surface area contributed by atoms with Gasteiger partial charge in [0.2, 0.25) is 0 Å². The van der Waals surface area contributed by atoms with E-state index in [1.54, 1.807) is 0 Å². The number of ether oxygens (including phenoxy) is 1. The molecule has 1 unspecified atom stereocenters. The van der Waals surface area contributed by atoms with Crippen LogP contribution in [0.1, 0.15) is 18.4 Å². The molecule has 0 aromatic heterocycles. The first kappa shape index (κ1) is 14.1. The van der Waals surface area contributed by atoms with Crippen LogP contribution in [0.4, 0.5) is 11.4 Å². The highest BCUT2D eigenvalue weighted by Gasteiger charge is 2.25. The molecule has 106 valence electrons. The van der Waals surface area contributed by atoms with E-state index in [1.807, 2.05) is 18.2 Å². The summed E-state index contributed by atoms with van der Waals surface area (Å²) in [6.45, 7) is 2.01. The molecular weight excluding hydrogens is 244 g/mol. The number of hydrogen-bond donors (Lipinski definition) is 3. The minimum absolute atomic E-state index is 0.0425. The van der Waals surface area contributed by atoms with E-state index in [9.17, 15) is 5.11 Å². The number of hydrogen-bond acceptors (Lipinski definition) is 5. The number of nitrogen functional groups attached to an aromatic ring is 1. The average molecular weight is 266 g/mol. The maximum absolute atomic E-state index is 9.27. The fourth-order valence-corrected chi connectivity index (χ4v) is 2.54. The summed E-state index contributed by atoms with van der Waals surface area (Å²) in [7, 11) is 0. The molecule has 1 heterocycles. The summed E-state index contributed by atoms with van der Waals surface area (Å²) in [5, 5.41) is 18.0. The molecule has 1 aromatic carbocycles. The Balaban J connectivity index is 2.06. The quantitative estimate of drug-likeness (QED) is 0.523. The molecule has 0 amide bonds. The van der Waals surface area contributed by atoms with Crippen molar-refractivity contribution in [3.05, 3.63) is 23.8 Å². The Morgan fingerprint density at radius 1 is 1.37 bits per heavy atom. The van der Waals surface area contributed by atoms with Crippen molar-refractivity contribution in [2.45, 2.75) is 25.5 Å². The van der Waals surface area contributed by atoms with Gasteiger partial charge >= 0.3 is 0 Å². The largest absolute Gasteiger partial charge is 0.398 e. The lowest BCUT2D eigenvalue weighted by atomic mass is 10.1. The molecule has 1 atom stereocenters. The topological polar surface area (TPSA) is 79.0 Å². The van der Waals surface area contributed by atoms with Crippen molar-refractivity contribution in [3.63, 3.8) is 0 Å². The first-order valence-corrected chi connectivity index (χ1v) is 6.70. The molecule has 0 saturated carbocycles. The van der Waals surface area contributed by atoms with Gasteiger partial charge in [-0.2, -0.15) is 0 Å². The van der Waals surface area contributed by atoms with Crippen LogP contribution < -0.4 is 10.6 Å². The molecule has 0 aliphatic carbocycles. The van der Waals surface area contributed by atoms with Crippen molar-refractivity contribution in [1.82, 2.24) is 0 Å². The molecule has 19 heavy (non-hydrogen) atoms. The Bertz CT molecular complexity index is 412. The maximum Gasteiger partial charge on any atom is 0.0702 e. The van der Waals surface area contributed by atoms with Gasteiger partial charge < -0.3 is 25.6 Å². The highest BCUT2D eigenvalue weighted by Crippen LogP contribution is 2.28. The van der Waals surface area contributed by atoms with Crippen LogP contribution in [0, 0.1) is 0 Å². The monoisotopic (exact) mass is 266 g/mol. The van der Waals surface area contributed by atoms with E-state index in [2.05, 4.69) is 4.90 Å². The second-order valence-electron chi connectivity index (χ2n) is 4.83. The number of nitrogens with zero attached hydrogens (tertiary/aromatic N) is 1. The van der Waals surface area contributed by atoms with Crippen LogP contribution in [0.2, 0.25) is 0 Å². The van der Waals surface area contributed by atoms with E-state index in [0.29, 0.717) is 24.9 Å². The highest BCUT2D eigenvalue weighted by molar-refractivity contribution is 5.59. The molecule has 0 bridgehead atoms. The minimum atomic E-state index is -0.0425. The molecule has 2 rings (SSSR count). The number of nitrogens with two attached hydrogens (primary N) is 1. The standard InChI is InChI=1S/C14H22N2O3/c15-14-4-3-12(8-11(14)9-18)16-5-1-2-13(16)10-19-7-6-17/h3-4,8,13,17-18H,1-2,5-7,9-10,15H2. The second-order valence-corrected chi connectivity index (χ2v) is 4.83. The van der Waals surface area contributed by atoms with Gasteiger partial charge in [0.25, 0.3) is 0 Å². The second kappa shape index (κ2) is 6.75. The van der Waals surface area contributed by atoms with Gasteiger partial charge in [0.15, 0.2) is 0 Å². The fourth-order valence-electron chi connectivity index (χ4n) is 2.54. The lowest BCUT2D eigenvalue weighted by Gasteiger charge is -2.27. The summed E-state index contributed by atoms with van der Waals surface area (Å²) in [6, 6.07) is 6.10. The molecule has 1 aliphatic rings. The molecule has 1 saturated heterocycles. The molecule has 0 radical (unpaired) electrons. The van der Waals surface area contributed by atoms with Crippen molar-refractivity contribution in [2.24, 2.45) is 0 Å².